The molecule has 0 aliphatic carbocycles. The molecule has 0 bridgehead atoms. The maximum absolute atomic E-state index is 11.4. The van der Waals surface area contributed by atoms with Crippen molar-refractivity contribution in [3.05, 3.63) is 29.8 Å². The third-order valence-electron chi connectivity index (χ3n) is 2.83. The molecule has 1 amide bonds. The smallest absolute Gasteiger partial charge is 0.220 e. The second kappa shape index (κ2) is 8.53. The quantitative estimate of drug-likeness (QED) is 0.706. The number of carbonyl (C=O) groups is 1. The lowest BCUT2D eigenvalue weighted by Gasteiger charge is -2.14. The van der Waals surface area contributed by atoms with Crippen LogP contribution in [0.2, 0.25) is 0 Å². The zero-order chi connectivity index (χ0) is 14.1. The van der Waals surface area contributed by atoms with Gasteiger partial charge in [0.25, 0.3) is 0 Å². The number of para-hydroxylation sites is 1. The van der Waals surface area contributed by atoms with Crippen molar-refractivity contribution in [1.82, 2.24) is 5.32 Å². The van der Waals surface area contributed by atoms with Crippen LogP contribution in [0.15, 0.2) is 24.3 Å². The molecule has 0 aliphatic rings. The summed E-state index contributed by atoms with van der Waals surface area (Å²) in [4.78, 5) is 11.4. The Morgan fingerprint density at radius 2 is 2.11 bits per heavy atom. The van der Waals surface area contributed by atoms with Crippen molar-refractivity contribution in [1.29, 1.82) is 0 Å². The first-order valence-corrected chi connectivity index (χ1v) is 6.83. The van der Waals surface area contributed by atoms with E-state index < -0.39 is 0 Å². The lowest BCUT2D eigenvalue weighted by molar-refractivity contribution is -0.121. The number of benzene rings is 1. The van der Waals surface area contributed by atoms with Gasteiger partial charge >= 0.3 is 0 Å². The number of hydrogen-bond donors (Lipinski definition) is 2. The average molecular weight is 264 g/mol. The topological polar surface area (TPSA) is 64.3 Å². The molecule has 3 N–H and O–H groups in total. The average Bonchev–Trinajstić information content (AvgIpc) is 2.41. The second-order valence-electron chi connectivity index (χ2n) is 4.78. The van der Waals surface area contributed by atoms with Crippen molar-refractivity contribution < 1.29 is 9.53 Å². The Morgan fingerprint density at radius 3 is 2.79 bits per heavy atom. The number of nitrogens with one attached hydrogen (secondary N) is 1. The minimum absolute atomic E-state index is 0.0335. The van der Waals surface area contributed by atoms with Crippen molar-refractivity contribution in [2.45, 2.75) is 32.6 Å². The SMILES string of the molecule is CC(C)c1ccccc1OCCNC(=O)CCCN. The molecule has 0 saturated carbocycles. The minimum Gasteiger partial charge on any atom is -0.491 e. The van der Waals surface area contributed by atoms with Gasteiger partial charge in [-0.3, -0.25) is 4.79 Å². The molecule has 1 aromatic carbocycles. The van der Waals surface area contributed by atoms with E-state index >= 15 is 0 Å². The number of rotatable bonds is 8. The molecular formula is C15H24N2O2. The maximum Gasteiger partial charge on any atom is 0.220 e. The van der Waals surface area contributed by atoms with Gasteiger partial charge in [-0.15, -0.1) is 0 Å². The van der Waals surface area contributed by atoms with Gasteiger partial charge in [0.2, 0.25) is 5.91 Å². The fraction of sp³-hybridized carbons (Fsp3) is 0.533. The second-order valence-corrected chi connectivity index (χ2v) is 4.78. The van der Waals surface area contributed by atoms with Gasteiger partial charge in [-0.25, -0.2) is 0 Å². The van der Waals surface area contributed by atoms with E-state index in [9.17, 15) is 4.79 Å². The van der Waals surface area contributed by atoms with E-state index in [1.807, 2.05) is 18.2 Å². The van der Waals surface area contributed by atoms with Crippen LogP contribution in [0.4, 0.5) is 0 Å². The van der Waals surface area contributed by atoms with Crippen LogP contribution in [0.25, 0.3) is 0 Å². The summed E-state index contributed by atoms with van der Waals surface area (Å²) >= 11 is 0. The molecule has 0 unspecified atom stereocenters. The molecule has 0 aliphatic heterocycles. The zero-order valence-corrected chi connectivity index (χ0v) is 11.8. The number of carbonyl (C=O) groups excluding carboxylic acids is 1. The summed E-state index contributed by atoms with van der Waals surface area (Å²) in [6.07, 6.45) is 1.21. The van der Waals surface area contributed by atoms with E-state index in [1.165, 1.54) is 5.56 Å². The van der Waals surface area contributed by atoms with E-state index in [0.717, 1.165) is 12.2 Å². The van der Waals surface area contributed by atoms with Gasteiger partial charge < -0.3 is 15.8 Å². The Hall–Kier alpha value is -1.55. The summed E-state index contributed by atoms with van der Waals surface area (Å²) in [6.45, 7) is 5.83. The molecule has 19 heavy (non-hydrogen) atoms. The van der Waals surface area contributed by atoms with Crippen molar-refractivity contribution in [2.75, 3.05) is 19.7 Å². The molecule has 0 atom stereocenters. The van der Waals surface area contributed by atoms with E-state index in [0.29, 0.717) is 32.0 Å². The summed E-state index contributed by atoms with van der Waals surface area (Å²) in [5.41, 5.74) is 6.54. The van der Waals surface area contributed by atoms with Crippen molar-refractivity contribution in [3.8, 4) is 5.75 Å². The van der Waals surface area contributed by atoms with Crippen molar-refractivity contribution in [2.24, 2.45) is 5.73 Å². The number of nitrogens with two attached hydrogens (primary N) is 1. The Bertz CT molecular complexity index is 391. The van der Waals surface area contributed by atoms with Crippen LogP contribution in [0, 0.1) is 0 Å². The molecule has 0 fully saturated rings. The third kappa shape index (κ3) is 5.75. The molecule has 4 nitrogen and oxygen atoms in total. The van der Waals surface area contributed by atoms with Crippen molar-refractivity contribution >= 4 is 5.91 Å². The van der Waals surface area contributed by atoms with Gasteiger partial charge in [0.15, 0.2) is 0 Å². The Balaban J connectivity index is 2.31. The Morgan fingerprint density at radius 1 is 1.37 bits per heavy atom. The van der Waals surface area contributed by atoms with E-state index in [2.05, 4.69) is 25.2 Å². The molecule has 106 valence electrons. The molecule has 0 spiro atoms. The number of hydrogen-bond acceptors (Lipinski definition) is 3. The Kier molecular flexibility index (Phi) is 6.97. The molecule has 1 aromatic rings. The molecule has 0 aromatic heterocycles. The first-order chi connectivity index (χ1) is 9.15. The van der Waals surface area contributed by atoms with Crippen LogP contribution < -0.4 is 15.8 Å². The number of ether oxygens (including phenoxy) is 1. The van der Waals surface area contributed by atoms with Crippen LogP contribution >= 0.6 is 0 Å². The standard InChI is InChI=1S/C15H24N2O2/c1-12(2)13-6-3-4-7-14(13)19-11-10-17-15(18)8-5-9-16/h3-4,6-7,12H,5,8-11,16H2,1-2H3,(H,17,18). The predicted octanol–water partition coefficient (Wildman–Crippen LogP) is 2.04. The van der Waals surface area contributed by atoms with Gasteiger partial charge in [-0.2, -0.15) is 0 Å². The van der Waals surface area contributed by atoms with E-state index in [4.69, 9.17) is 10.5 Å². The summed E-state index contributed by atoms with van der Waals surface area (Å²) in [7, 11) is 0. The van der Waals surface area contributed by atoms with Gasteiger partial charge in [0, 0.05) is 6.42 Å². The highest BCUT2D eigenvalue weighted by atomic mass is 16.5. The fourth-order valence-electron chi connectivity index (χ4n) is 1.79. The van der Waals surface area contributed by atoms with Gasteiger partial charge in [-0.1, -0.05) is 32.0 Å². The Labute approximate surface area is 115 Å². The van der Waals surface area contributed by atoms with Gasteiger partial charge in [0.05, 0.1) is 6.54 Å². The lowest BCUT2D eigenvalue weighted by Crippen LogP contribution is -2.28. The molecule has 4 heteroatoms. The van der Waals surface area contributed by atoms with Crippen LogP contribution in [-0.4, -0.2) is 25.6 Å². The monoisotopic (exact) mass is 264 g/mol. The summed E-state index contributed by atoms with van der Waals surface area (Å²) < 4.78 is 5.71. The van der Waals surface area contributed by atoms with Crippen LogP contribution in [-0.2, 0) is 4.79 Å². The first kappa shape index (κ1) is 15.5. The minimum atomic E-state index is 0.0335. The van der Waals surface area contributed by atoms with E-state index in [1.54, 1.807) is 0 Å². The van der Waals surface area contributed by atoms with Crippen LogP contribution in [0.5, 0.6) is 5.75 Å². The highest BCUT2D eigenvalue weighted by Crippen LogP contribution is 2.25. The largest absolute Gasteiger partial charge is 0.491 e. The summed E-state index contributed by atoms with van der Waals surface area (Å²) in [5.74, 6) is 1.36. The summed E-state index contributed by atoms with van der Waals surface area (Å²) in [5, 5.41) is 2.82. The molecular weight excluding hydrogens is 240 g/mol. The molecule has 0 saturated heterocycles. The zero-order valence-electron chi connectivity index (χ0n) is 11.8. The molecule has 1 rings (SSSR count). The van der Waals surface area contributed by atoms with Gasteiger partial charge in [0.1, 0.15) is 12.4 Å². The van der Waals surface area contributed by atoms with E-state index in [-0.39, 0.29) is 5.91 Å². The third-order valence-corrected chi connectivity index (χ3v) is 2.83. The number of amides is 1. The highest BCUT2D eigenvalue weighted by molar-refractivity contribution is 5.75. The fourth-order valence-corrected chi connectivity index (χ4v) is 1.79. The predicted molar refractivity (Wildman–Crippen MR) is 77.3 cm³/mol. The van der Waals surface area contributed by atoms with Crippen LogP contribution in [0.3, 0.4) is 0 Å². The first-order valence-electron chi connectivity index (χ1n) is 6.83. The van der Waals surface area contributed by atoms with Gasteiger partial charge in [-0.05, 0) is 30.5 Å². The molecule has 0 heterocycles. The van der Waals surface area contributed by atoms with Crippen molar-refractivity contribution in [3.63, 3.8) is 0 Å². The lowest BCUT2D eigenvalue weighted by atomic mass is 10.0. The highest BCUT2D eigenvalue weighted by Gasteiger charge is 2.06. The maximum atomic E-state index is 11.4. The summed E-state index contributed by atoms with van der Waals surface area (Å²) in [6, 6.07) is 8.00. The normalized spacial score (nSPS) is 10.5. The van der Waals surface area contributed by atoms with Crippen LogP contribution in [0.1, 0.15) is 38.2 Å². The molecule has 0 radical (unpaired) electrons.